The zero-order chi connectivity index (χ0) is 22.2. The van der Waals surface area contributed by atoms with E-state index < -0.39 is 6.10 Å². The van der Waals surface area contributed by atoms with E-state index in [1.54, 1.807) is 31.2 Å². The number of carbonyl (C=O) groups excluding carboxylic acids is 2. The molecule has 2 aromatic carbocycles. The summed E-state index contributed by atoms with van der Waals surface area (Å²) in [4.78, 5) is 29.7. The quantitative estimate of drug-likeness (QED) is 0.683. The van der Waals surface area contributed by atoms with Gasteiger partial charge in [-0.3, -0.25) is 9.59 Å². The Morgan fingerprint density at radius 3 is 2.52 bits per heavy atom. The molecular weight excluding hydrogens is 390 g/mol. The first kappa shape index (κ1) is 22.4. The van der Waals surface area contributed by atoms with Crippen LogP contribution in [0.1, 0.15) is 49.0 Å². The number of likely N-dealkylation sites (tertiary alicyclic amines) is 1. The van der Waals surface area contributed by atoms with E-state index in [1.165, 1.54) is 0 Å². The number of benzene rings is 2. The molecule has 2 amide bonds. The molecule has 1 atom stereocenters. The minimum Gasteiger partial charge on any atom is -0.481 e. The minimum absolute atomic E-state index is 0.0431. The van der Waals surface area contributed by atoms with Crippen molar-refractivity contribution in [2.45, 2.75) is 45.3 Å². The van der Waals surface area contributed by atoms with E-state index in [0.29, 0.717) is 36.5 Å². The molecule has 0 aliphatic carbocycles. The first-order chi connectivity index (χ1) is 15.0. The van der Waals surface area contributed by atoms with E-state index in [1.807, 2.05) is 40.1 Å². The van der Waals surface area contributed by atoms with Gasteiger partial charge in [-0.25, -0.2) is 0 Å². The van der Waals surface area contributed by atoms with Crippen LogP contribution in [-0.4, -0.2) is 53.4 Å². The van der Waals surface area contributed by atoms with Gasteiger partial charge >= 0.3 is 0 Å². The zero-order valence-electron chi connectivity index (χ0n) is 18.2. The molecule has 1 saturated heterocycles. The van der Waals surface area contributed by atoms with Crippen molar-refractivity contribution in [2.24, 2.45) is 0 Å². The van der Waals surface area contributed by atoms with Gasteiger partial charge in [-0.15, -0.1) is 0 Å². The smallest absolute Gasteiger partial charge is 0.263 e. The van der Waals surface area contributed by atoms with Gasteiger partial charge in [0.05, 0.1) is 11.6 Å². The Labute approximate surface area is 184 Å². The maximum atomic E-state index is 13.2. The summed E-state index contributed by atoms with van der Waals surface area (Å²) in [7, 11) is 0. The molecular formula is C25H29N3O3. The van der Waals surface area contributed by atoms with Crippen molar-refractivity contribution in [2.75, 3.05) is 19.6 Å². The molecule has 1 aliphatic heterocycles. The molecule has 3 rings (SSSR count). The predicted molar refractivity (Wildman–Crippen MR) is 119 cm³/mol. The second kappa shape index (κ2) is 10.6. The molecule has 0 radical (unpaired) electrons. The molecule has 31 heavy (non-hydrogen) atoms. The summed E-state index contributed by atoms with van der Waals surface area (Å²) in [6.07, 6.45) is 1.71. The number of rotatable bonds is 7. The summed E-state index contributed by atoms with van der Waals surface area (Å²) in [5.41, 5.74) is 1.20. The zero-order valence-corrected chi connectivity index (χ0v) is 18.2. The second-order valence-corrected chi connectivity index (χ2v) is 7.82. The van der Waals surface area contributed by atoms with Crippen LogP contribution in [0.3, 0.4) is 0 Å². The molecule has 1 unspecified atom stereocenters. The fourth-order valence-electron chi connectivity index (χ4n) is 3.98. The van der Waals surface area contributed by atoms with Gasteiger partial charge in [0.15, 0.2) is 6.10 Å². The Bertz CT molecular complexity index is 931. The highest BCUT2D eigenvalue weighted by Crippen LogP contribution is 2.21. The lowest BCUT2D eigenvalue weighted by Crippen LogP contribution is -2.52. The van der Waals surface area contributed by atoms with Crippen molar-refractivity contribution in [3.63, 3.8) is 0 Å². The number of carbonyl (C=O) groups is 2. The molecule has 1 fully saturated rings. The first-order valence-electron chi connectivity index (χ1n) is 10.8. The van der Waals surface area contributed by atoms with Crippen LogP contribution in [0.5, 0.6) is 5.75 Å². The molecule has 1 aliphatic rings. The highest BCUT2D eigenvalue weighted by Gasteiger charge is 2.32. The van der Waals surface area contributed by atoms with E-state index in [9.17, 15) is 9.59 Å². The van der Waals surface area contributed by atoms with Gasteiger partial charge < -0.3 is 14.5 Å². The van der Waals surface area contributed by atoms with Crippen molar-refractivity contribution in [3.05, 3.63) is 65.7 Å². The van der Waals surface area contributed by atoms with E-state index in [2.05, 4.69) is 13.0 Å². The Hall–Kier alpha value is -3.33. The van der Waals surface area contributed by atoms with Gasteiger partial charge in [-0.05, 0) is 56.5 Å². The van der Waals surface area contributed by atoms with Gasteiger partial charge in [0, 0.05) is 31.2 Å². The van der Waals surface area contributed by atoms with Gasteiger partial charge in [-0.1, -0.05) is 31.2 Å². The summed E-state index contributed by atoms with van der Waals surface area (Å²) >= 11 is 0. The third-order valence-electron chi connectivity index (χ3n) is 5.58. The third-order valence-corrected chi connectivity index (χ3v) is 5.58. The molecule has 162 valence electrons. The number of ether oxygens (including phenoxy) is 1. The van der Waals surface area contributed by atoms with Crippen LogP contribution in [-0.2, 0) is 4.79 Å². The Kier molecular flexibility index (Phi) is 7.66. The second-order valence-electron chi connectivity index (χ2n) is 7.82. The van der Waals surface area contributed by atoms with Crippen LogP contribution in [0.25, 0.3) is 0 Å². The highest BCUT2D eigenvalue weighted by atomic mass is 16.5. The fraction of sp³-hybridized carbons (Fsp3) is 0.400. The fourth-order valence-corrected chi connectivity index (χ4v) is 3.98. The molecule has 0 aromatic heterocycles. The largest absolute Gasteiger partial charge is 0.481 e. The van der Waals surface area contributed by atoms with Crippen LogP contribution >= 0.6 is 0 Å². The summed E-state index contributed by atoms with van der Waals surface area (Å²) < 4.78 is 5.85. The third kappa shape index (κ3) is 5.64. The molecule has 1 heterocycles. The average molecular weight is 420 g/mol. The Morgan fingerprint density at radius 2 is 1.87 bits per heavy atom. The lowest BCUT2D eigenvalue weighted by Gasteiger charge is -2.39. The lowest BCUT2D eigenvalue weighted by atomic mass is 10.0. The van der Waals surface area contributed by atoms with Crippen LogP contribution in [0, 0.1) is 11.3 Å². The van der Waals surface area contributed by atoms with E-state index in [4.69, 9.17) is 10.00 Å². The maximum Gasteiger partial charge on any atom is 0.263 e. The molecule has 0 saturated carbocycles. The van der Waals surface area contributed by atoms with Gasteiger partial charge in [-0.2, -0.15) is 5.26 Å². The topological polar surface area (TPSA) is 73.6 Å². The van der Waals surface area contributed by atoms with E-state index >= 15 is 0 Å². The number of nitrogens with zero attached hydrogens (tertiary/aromatic N) is 3. The van der Waals surface area contributed by atoms with E-state index in [-0.39, 0.29) is 17.9 Å². The summed E-state index contributed by atoms with van der Waals surface area (Å²) in [5, 5.41) is 9.06. The normalized spacial score (nSPS) is 15.1. The van der Waals surface area contributed by atoms with Crippen molar-refractivity contribution < 1.29 is 14.3 Å². The maximum absolute atomic E-state index is 13.2. The summed E-state index contributed by atoms with van der Waals surface area (Å²) in [6, 6.07) is 18.3. The van der Waals surface area contributed by atoms with Crippen LogP contribution in [0.4, 0.5) is 0 Å². The first-order valence-corrected chi connectivity index (χ1v) is 10.8. The minimum atomic E-state index is -0.649. The molecule has 2 aromatic rings. The Morgan fingerprint density at radius 1 is 1.16 bits per heavy atom. The Balaban J connectivity index is 1.61. The van der Waals surface area contributed by atoms with Crippen molar-refractivity contribution in [3.8, 4) is 11.8 Å². The molecule has 6 heteroatoms. The number of piperidine rings is 1. The van der Waals surface area contributed by atoms with Gasteiger partial charge in [0.2, 0.25) is 0 Å². The van der Waals surface area contributed by atoms with Crippen LogP contribution in [0.2, 0.25) is 0 Å². The average Bonchev–Trinajstić information content (AvgIpc) is 2.82. The summed E-state index contributed by atoms with van der Waals surface area (Å²) in [6.45, 7) is 5.72. The number of hydrogen-bond acceptors (Lipinski definition) is 4. The van der Waals surface area contributed by atoms with Crippen molar-refractivity contribution in [1.82, 2.24) is 9.80 Å². The SMILES string of the molecule is CCCN(C(=O)C(C)Oc1cccc(C#N)c1)C1CCN(C(=O)c2ccccc2)CC1. The van der Waals surface area contributed by atoms with Crippen LogP contribution in [0.15, 0.2) is 54.6 Å². The monoisotopic (exact) mass is 419 g/mol. The number of nitriles is 1. The molecule has 6 nitrogen and oxygen atoms in total. The standard InChI is InChI=1S/C25H29N3O3/c1-3-14-28(24(29)19(2)31-23-11-7-8-20(17-23)18-26)22-12-15-27(16-13-22)25(30)21-9-5-4-6-10-21/h4-11,17,19,22H,3,12-16H2,1-2H3. The molecule has 0 N–H and O–H groups in total. The van der Waals surface area contributed by atoms with Gasteiger partial charge in [0.1, 0.15) is 5.75 Å². The van der Waals surface area contributed by atoms with Crippen LogP contribution < -0.4 is 4.74 Å². The number of amides is 2. The molecule has 0 spiro atoms. The molecule has 0 bridgehead atoms. The van der Waals surface area contributed by atoms with Gasteiger partial charge in [0.25, 0.3) is 11.8 Å². The number of hydrogen-bond donors (Lipinski definition) is 0. The van der Waals surface area contributed by atoms with Crippen molar-refractivity contribution >= 4 is 11.8 Å². The van der Waals surface area contributed by atoms with E-state index in [0.717, 1.165) is 19.3 Å². The van der Waals surface area contributed by atoms with Crippen molar-refractivity contribution in [1.29, 1.82) is 5.26 Å². The lowest BCUT2D eigenvalue weighted by molar-refractivity contribution is -0.141. The highest BCUT2D eigenvalue weighted by molar-refractivity contribution is 5.94. The predicted octanol–water partition coefficient (Wildman–Crippen LogP) is 3.87. The summed E-state index contributed by atoms with van der Waals surface area (Å²) in [5.74, 6) is 0.498.